The standard InChI is InChI=1S/C15H20ClNO2/c1-10-5-6-12(8-14(10)16)15(19)17-7-3-4-13(9-17)11(2)18/h5-6,8,11,13,18H,3-4,7,9H2,1-2H3. The predicted octanol–water partition coefficient (Wildman–Crippen LogP) is 2.88. The number of carbonyl (C=O) groups excluding carboxylic acids is 1. The first-order valence-electron chi connectivity index (χ1n) is 6.72. The average molecular weight is 282 g/mol. The quantitative estimate of drug-likeness (QED) is 0.905. The van der Waals surface area contributed by atoms with E-state index < -0.39 is 0 Å². The lowest BCUT2D eigenvalue weighted by atomic mass is 9.93. The highest BCUT2D eigenvalue weighted by atomic mass is 35.5. The molecular formula is C15H20ClNO2. The van der Waals surface area contributed by atoms with E-state index in [0.717, 1.165) is 24.9 Å². The second-order valence-corrected chi connectivity index (χ2v) is 5.77. The summed E-state index contributed by atoms with van der Waals surface area (Å²) < 4.78 is 0. The molecule has 1 aromatic rings. The minimum atomic E-state index is -0.364. The highest BCUT2D eigenvalue weighted by Gasteiger charge is 2.27. The minimum absolute atomic E-state index is 0.00671. The molecule has 1 amide bonds. The molecule has 4 heteroatoms. The summed E-state index contributed by atoms with van der Waals surface area (Å²) in [6, 6.07) is 5.41. The van der Waals surface area contributed by atoms with Gasteiger partial charge in [0.15, 0.2) is 0 Å². The van der Waals surface area contributed by atoms with Crippen LogP contribution in [0, 0.1) is 12.8 Å². The van der Waals surface area contributed by atoms with Crippen LogP contribution >= 0.6 is 11.6 Å². The van der Waals surface area contributed by atoms with Gasteiger partial charge in [-0.2, -0.15) is 0 Å². The summed E-state index contributed by atoms with van der Waals surface area (Å²) in [6.07, 6.45) is 1.56. The number of amides is 1. The Balaban J connectivity index is 2.12. The Morgan fingerprint density at radius 2 is 2.26 bits per heavy atom. The van der Waals surface area contributed by atoms with Gasteiger partial charge in [-0.3, -0.25) is 4.79 Å². The summed E-state index contributed by atoms with van der Waals surface area (Å²) in [4.78, 5) is 14.2. The Kier molecular flexibility index (Phi) is 4.48. The molecule has 0 aromatic heterocycles. The molecule has 1 aromatic carbocycles. The third-order valence-electron chi connectivity index (χ3n) is 3.85. The van der Waals surface area contributed by atoms with E-state index in [4.69, 9.17) is 11.6 Å². The van der Waals surface area contributed by atoms with Crippen LogP contribution in [0.2, 0.25) is 5.02 Å². The zero-order valence-corrected chi connectivity index (χ0v) is 12.2. The highest BCUT2D eigenvalue weighted by molar-refractivity contribution is 6.31. The van der Waals surface area contributed by atoms with E-state index >= 15 is 0 Å². The lowest BCUT2D eigenvalue weighted by molar-refractivity contribution is 0.0466. The number of aliphatic hydroxyl groups excluding tert-OH is 1. The van der Waals surface area contributed by atoms with Crippen LogP contribution in [0.4, 0.5) is 0 Å². The van der Waals surface area contributed by atoms with Crippen LogP contribution in [0.5, 0.6) is 0 Å². The number of likely N-dealkylation sites (tertiary alicyclic amines) is 1. The molecule has 0 spiro atoms. The molecule has 1 N–H and O–H groups in total. The van der Waals surface area contributed by atoms with Gasteiger partial charge >= 0.3 is 0 Å². The number of nitrogens with zero attached hydrogens (tertiary/aromatic N) is 1. The molecule has 0 aliphatic carbocycles. The topological polar surface area (TPSA) is 40.5 Å². The van der Waals surface area contributed by atoms with Gasteiger partial charge in [-0.15, -0.1) is 0 Å². The van der Waals surface area contributed by atoms with Gasteiger partial charge in [0.25, 0.3) is 5.91 Å². The third-order valence-corrected chi connectivity index (χ3v) is 4.25. The van der Waals surface area contributed by atoms with Crippen molar-refractivity contribution >= 4 is 17.5 Å². The molecule has 0 radical (unpaired) electrons. The first kappa shape index (κ1) is 14.4. The van der Waals surface area contributed by atoms with Crippen LogP contribution in [0.15, 0.2) is 18.2 Å². The fraction of sp³-hybridized carbons (Fsp3) is 0.533. The molecule has 2 unspecified atom stereocenters. The van der Waals surface area contributed by atoms with Gasteiger partial charge in [-0.25, -0.2) is 0 Å². The van der Waals surface area contributed by atoms with Crippen molar-refractivity contribution in [1.29, 1.82) is 0 Å². The molecule has 1 aliphatic heterocycles. The van der Waals surface area contributed by atoms with Crippen molar-refractivity contribution in [2.45, 2.75) is 32.8 Å². The Hall–Kier alpha value is -1.06. The van der Waals surface area contributed by atoms with E-state index in [-0.39, 0.29) is 17.9 Å². The van der Waals surface area contributed by atoms with Gasteiger partial charge in [-0.1, -0.05) is 17.7 Å². The Bertz CT molecular complexity index is 473. The Morgan fingerprint density at radius 3 is 2.89 bits per heavy atom. The van der Waals surface area contributed by atoms with Crippen molar-refractivity contribution in [1.82, 2.24) is 4.90 Å². The first-order valence-corrected chi connectivity index (χ1v) is 7.10. The summed E-state index contributed by atoms with van der Waals surface area (Å²) in [5.41, 5.74) is 1.60. The summed E-state index contributed by atoms with van der Waals surface area (Å²) in [7, 11) is 0. The van der Waals surface area contributed by atoms with Crippen molar-refractivity contribution in [2.75, 3.05) is 13.1 Å². The maximum Gasteiger partial charge on any atom is 0.253 e. The normalized spacial score (nSPS) is 21.3. The third kappa shape index (κ3) is 3.28. The smallest absolute Gasteiger partial charge is 0.253 e. The molecular weight excluding hydrogens is 262 g/mol. The zero-order valence-electron chi connectivity index (χ0n) is 11.4. The van der Waals surface area contributed by atoms with E-state index in [2.05, 4.69) is 0 Å². The van der Waals surface area contributed by atoms with Crippen molar-refractivity contribution < 1.29 is 9.90 Å². The molecule has 1 heterocycles. The SMILES string of the molecule is Cc1ccc(C(=O)N2CCCC(C(C)O)C2)cc1Cl. The number of piperidine rings is 1. The predicted molar refractivity (Wildman–Crippen MR) is 76.5 cm³/mol. The Morgan fingerprint density at radius 1 is 1.53 bits per heavy atom. The number of aryl methyl sites for hydroxylation is 1. The molecule has 0 bridgehead atoms. The van der Waals surface area contributed by atoms with Gasteiger partial charge in [-0.05, 0) is 44.4 Å². The molecule has 1 fully saturated rings. The van der Waals surface area contributed by atoms with Gasteiger partial charge < -0.3 is 10.0 Å². The van der Waals surface area contributed by atoms with Crippen LogP contribution in [0.3, 0.4) is 0 Å². The summed E-state index contributed by atoms with van der Waals surface area (Å²) in [5.74, 6) is 0.186. The van der Waals surface area contributed by atoms with Crippen LogP contribution < -0.4 is 0 Å². The van der Waals surface area contributed by atoms with E-state index in [1.165, 1.54) is 0 Å². The molecule has 3 nitrogen and oxygen atoms in total. The van der Waals surface area contributed by atoms with Gasteiger partial charge in [0, 0.05) is 29.6 Å². The van der Waals surface area contributed by atoms with Gasteiger partial charge in [0.1, 0.15) is 0 Å². The van der Waals surface area contributed by atoms with Crippen molar-refractivity contribution in [2.24, 2.45) is 5.92 Å². The van der Waals surface area contributed by atoms with Crippen LogP contribution in [0.1, 0.15) is 35.7 Å². The maximum absolute atomic E-state index is 12.4. The number of rotatable bonds is 2. The summed E-state index contributed by atoms with van der Waals surface area (Å²) >= 11 is 6.07. The number of halogens is 1. The van der Waals surface area contributed by atoms with Gasteiger partial charge in [0.05, 0.1) is 6.10 Å². The first-order chi connectivity index (χ1) is 8.99. The molecule has 19 heavy (non-hydrogen) atoms. The van der Waals surface area contributed by atoms with E-state index in [1.54, 1.807) is 13.0 Å². The van der Waals surface area contributed by atoms with Crippen LogP contribution in [-0.4, -0.2) is 35.1 Å². The summed E-state index contributed by atoms with van der Waals surface area (Å²) in [5, 5.41) is 10.3. The fourth-order valence-electron chi connectivity index (χ4n) is 2.50. The zero-order chi connectivity index (χ0) is 14.0. The minimum Gasteiger partial charge on any atom is -0.393 e. The summed E-state index contributed by atoms with van der Waals surface area (Å²) in [6.45, 7) is 5.10. The van der Waals surface area contributed by atoms with Crippen molar-refractivity contribution in [3.05, 3.63) is 34.3 Å². The monoisotopic (exact) mass is 281 g/mol. The number of aliphatic hydroxyl groups is 1. The molecule has 0 saturated carbocycles. The molecule has 2 atom stereocenters. The molecule has 2 rings (SSSR count). The largest absolute Gasteiger partial charge is 0.393 e. The van der Waals surface area contributed by atoms with E-state index in [1.807, 2.05) is 24.0 Å². The maximum atomic E-state index is 12.4. The molecule has 104 valence electrons. The van der Waals surface area contributed by atoms with E-state index in [0.29, 0.717) is 17.1 Å². The number of carbonyl (C=O) groups is 1. The number of benzene rings is 1. The fourth-order valence-corrected chi connectivity index (χ4v) is 2.68. The van der Waals surface area contributed by atoms with Crippen LogP contribution in [-0.2, 0) is 0 Å². The Labute approximate surface area is 119 Å². The van der Waals surface area contributed by atoms with Crippen molar-refractivity contribution in [3.8, 4) is 0 Å². The van der Waals surface area contributed by atoms with Crippen LogP contribution in [0.25, 0.3) is 0 Å². The second kappa shape index (κ2) is 5.93. The highest BCUT2D eigenvalue weighted by Crippen LogP contribution is 2.23. The van der Waals surface area contributed by atoms with E-state index in [9.17, 15) is 9.90 Å². The number of hydrogen-bond acceptors (Lipinski definition) is 2. The van der Waals surface area contributed by atoms with Gasteiger partial charge in [0.2, 0.25) is 0 Å². The number of hydrogen-bond donors (Lipinski definition) is 1. The second-order valence-electron chi connectivity index (χ2n) is 5.36. The molecule has 1 aliphatic rings. The molecule has 1 saturated heterocycles. The lowest BCUT2D eigenvalue weighted by Gasteiger charge is -2.34. The average Bonchev–Trinajstić information content (AvgIpc) is 2.41. The lowest BCUT2D eigenvalue weighted by Crippen LogP contribution is -2.42. The van der Waals surface area contributed by atoms with Crippen molar-refractivity contribution in [3.63, 3.8) is 0 Å².